The molecule has 0 unspecified atom stereocenters. The minimum Gasteiger partial charge on any atom is -0.454 e. The Morgan fingerprint density at radius 1 is 1.23 bits per heavy atom. The van der Waals surface area contributed by atoms with Crippen molar-refractivity contribution < 1.29 is 26.8 Å². The molecule has 7 nitrogen and oxygen atoms in total. The Morgan fingerprint density at radius 2 is 1.97 bits per heavy atom. The number of hydrogen-bond donors (Lipinski definition) is 1. The molecule has 0 aliphatic rings. The first kappa shape index (κ1) is 21.9. The average Bonchev–Trinajstić information content (AvgIpc) is 3.37. The van der Waals surface area contributed by atoms with Crippen LogP contribution < -0.4 is 5.32 Å². The fourth-order valence-corrected chi connectivity index (χ4v) is 3.13. The van der Waals surface area contributed by atoms with Gasteiger partial charge in [0.05, 0.1) is 17.3 Å². The third-order valence-electron chi connectivity index (χ3n) is 4.37. The van der Waals surface area contributed by atoms with E-state index in [4.69, 9.17) is 16.0 Å². The zero-order valence-electron chi connectivity index (χ0n) is 16.0. The highest BCUT2D eigenvalue weighted by Crippen LogP contribution is 2.35. The second kappa shape index (κ2) is 8.90. The number of aryl methyl sites for hydroxylation is 2. The van der Waals surface area contributed by atoms with Gasteiger partial charge in [0.1, 0.15) is 17.1 Å². The first-order valence-electron chi connectivity index (χ1n) is 8.93. The molecule has 30 heavy (non-hydrogen) atoms. The van der Waals surface area contributed by atoms with Crippen LogP contribution in [0.3, 0.4) is 0 Å². The molecule has 1 amide bonds. The van der Waals surface area contributed by atoms with Crippen molar-refractivity contribution in [3.05, 3.63) is 57.5 Å². The Kier molecular flexibility index (Phi) is 6.49. The minimum atomic E-state index is -3.11. The van der Waals surface area contributed by atoms with Crippen molar-refractivity contribution in [2.75, 3.05) is 0 Å². The normalized spacial score (nSPS) is 11.6. The van der Waals surface area contributed by atoms with Crippen LogP contribution >= 0.6 is 11.6 Å². The third kappa shape index (κ3) is 4.50. The van der Waals surface area contributed by atoms with E-state index < -0.39 is 35.2 Å². The minimum absolute atomic E-state index is 0.0588. The smallest absolute Gasteiger partial charge is 0.287 e. The van der Waals surface area contributed by atoms with E-state index in [0.717, 1.165) is 11.3 Å². The highest BCUT2D eigenvalue weighted by Gasteiger charge is 2.28. The van der Waals surface area contributed by atoms with E-state index in [2.05, 4.69) is 15.5 Å². The summed E-state index contributed by atoms with van der Waals surface area (Å²) in [5, 5.41) is 9.64. The van der Waals surface area contributed by atoms with Crippen LogP contribution in [0.2, 0.25) is 5.02 Å². The highest BCUT2D eigenvalue weighted by molar-refractivity contribution is 6.32. The second-order valence-corrected chi connectivity index (χ2v) is 6.77. The topological polar surface area (TPSA) is 77.9 Å². The summed E-state index contributed by atoms with van der Waals surface area (Å²) < 4.78 is 60.1. The van der Waals surface area contributed by atoms with Gasteiger partial charge in [-0.05, 0) is 26.0 Å². The average molecular weight is 448 g/mol. The van der Waals surface area contributed by atoms with Crippen molar-refractivity contribution in [3.8, 4) is 0 Å². The van der Waals surface area contributed by atoms with E-state index in [0.29, 0.717) is 11.2 Å². The molecule has 3 rings (SSSR count). The van der Waals surface area contributed by atoms with Gasteiger partial charge >= 0.3 is 0 Å². The number of nitrogens with zero attached hydrogens (tertiary/aromatic N) is 4. The molecular weight excluding hydrogens is 430 g/mol. The van der Waals surface area contributed by atoms with Gasteiger partial charge < -0.3 is 9.73 Å². The van der Waals surface area contributed by atoms with Crippen LogP contribution in [0.15, 0.2) is 22.7 Å². The van der Waals surface area contributed by atoms with Crippen LogP contribution in [-0.2, 0) is 19.6 Å². The lowest BCUT2D eigenvalue weighted by molar-refractivity contribution is 0.0920. The number of halogens is 5. The Bertz CT molecular complexity index is 1040. The molecule has 0 aromatic carbocycles. The Morgan fingerprint density at radius 3 is 2.57 bits per heavy atom. The Balaban J connectivity index is 1.71. The maximum Gasteiger partial charge on any atom is 0.287 e. The Labute approximate surface area is 173 Å². The third-order valence-corrected chi connectivity index (χ3v) is 4.76. The van der Waals surface area contributed by atoms with Crippen molar-refractivity contribution in [1.82, 2.24) is 24.9 Å². The second-order valence-electron chi connectivity index (χ2n) is 6.39. The van der Waals surface area contributed by atoms with Crippen molar-refractivity contribution in [2.45, 2.75) is 46.3 Å². The fourth-order valence-electron chi connectivity index (χ4n) is 2.83. The number of furan rings is 1. The molecule has 1 N–H and O–H groups in total. The van der Waals surface area contributed by atoms with E-state index in [1.54, 1.807) is 4.68 Å². The van der Waals surface area contributed by atoms with Crippen LogP contribution in [0.1, 0.15) is 58.7 Å². The van der Waals surface area contributed by atoms with Gasteiger partial charge in [-0.2, -0.15) is 10.2 Å². The monoisotopic (exact) mass is 447 g/mol. The molecule has 0 fully saturated rings. The number of aromatic nitrogens is 4. The summed E-state index contributed by atoms with van der Waals surface area (Å²) in [4.78, 5) is 12.3. The number of rotatable bonds is 8. The molecule has 3 heterocycles. The molecule has 162 valence electrons. The first-order valence-corrected chi connectivity index (χ1v) is 9.31. The molecule has 0 saturated carbocycles. The number of carbonyl (C=O) groups is 1. The lowest BCUT2D eigenvalue weighted by atomic mass is 10.2. The number of carbonyl (C=O) groups excluding carboxylic acids is 1. The highest BCUT2D eigenvalue weighted by atomic mass is 35.5. The molecule has 0 aliphatic heterocycles. The summed E-state index contributed by atoms with van der Waals surface area (Å²) in [6, 6.07) is 2.73. The van der Waals surface area contributed by atoms with Gasteiger partial charge in [-0.3, -0.25) is 14.2 Å². The van der Waals surface area contributed by atoms with E-state index in [1.807, 2.05) is 20.0 Å². The van der Waals surface area contributed by atoms with E-state index in [1.165, 1.54) is 12.1 Å². The SMILES string of the molecule is CCn1cc(CNC(=O)c2ccc(Cn3nc(C(F)F)c(Cl)c3C(F)F)o2)c(C)n1. The van der Waals surface area contributed by atoms with Crippen LogP contribution in [0.25, 0.3) is 0 Å². The van der Waals surface area contributed by atoms with Crippen molar-refractivity contribution in [2.24, 2.45) is 0 Å². The molecule has 0 radical (unpaired) electrons. The molecule has 3 aromatic heterocycles. The molecule has 12 heteroatoms. The quantitative estimate of drug-likeness (QED) is 0.515. The predicted molar refractivity (Wildman–Crippen MR) is 98.8 cm³/mol. The van der Waals surface area contributed by atoms with Gasteiger partial charge in [0.2, 0.25) is 0 Å². The number of nitrogens with one attached hydrogen (secondary N) is 1. The maximum absolute atomic E-state index is 13.2. The van der Waals surface area contributed by atoms with Crippen molar-refractivity contribution in [1.29, 1.82) is 0 Å². The van der Waals surface area contributed by atoms with Crippen LogP contribution in [0.5, 0.6) is 0 Å². The standard InChI is InChI=1S/C18H18ClF4N5O2/c1-3-27-7-10(9(2)25-27)6-24-18(29)12-5-4-11(30-12)8-28-15(17(22)23)13(19)14(26-28)16(20)21/h4-5,7,16-17H,3,6,8H2,1-2H3,(H,24,29). The van der Waals surface area contributed by atoms with Gasteiger partial charge in [0.25, 0.3) is 18.8 Å². The Hall–Kier alpha value is -2.82. The molecule has 0 spiro atoms. The zero-order valence-corrected chi connectivity index (χ0v) is 16.8. The number of hydrogen-bond acceptors (Lipinski definition) is 4. The maximum atomic E-state index is 13.2. The van der Waals surface area contributed by atoms with Gasteiger partial charge in [-0.25, -0.2) is 17.6 Å². The van der Waals surface area contributed by atoms with Gasteiger partial charge in [0, 0.05) is 24.8 Å². The van der Waals surface area contributed by atoms with Crippen LogP contribution in [-0.4, -0.2) is 25.5 Å². The summed E-state index contributed by atoms with van der Waals surface area (Å²) in [5.74, 6) is -0.501. The van der Waals surface area contributed by atoms with Gasteiger partial charge in [-0.15, -0.1) is 0 Å². The fraction of sp³-hybridized carbons (Fsp3) is 0.389. The summed E-state index contributed by atoms with van der Waals surface area (Å²) in [6.07, 6.45) is -4.39. The van der Waals surface area contributed by atoms with E-state index >= 15 is 0 Å². The molecule has 0 aliphatic carbocycles. The van der Waals surface area contributed by atoms with E-state index in [-0.39, 0.29) is 24.6 Å². The first-order chi connectivity index (χ1) is 14.2. The summed E-state index contributed by atoms with van der Waals surface area (Å²) in [7, 11) is 0. The molecule has 0 saturated heterocycles. The zero-order chi connectivity index (χ0) is 22.0. The van der Waals surface area contributed by atoms with E-state index in [9.17, 15) is 22.4 Å². The van der Waals surface area contributed by atoms with Gasteiger partial charge in [-0.1, -0.05) is 11.6 Å². The summed E-state index contributed by atoms with van der Waals surface area (Å²) >= 11 is 5.62. The van der Waals surface area contributed by atoms with Crippen LogP contribution in [0.4, 0.5) is 17.6 Å². The molecule has 0 atom stereocenters. The lowest BCUT2D eigenvalue weighted by Crippen LogP contribution is -2.22. The molecular formula is C18H18ClF4N5O2. The van der Waals surface area contributed by atoms with Gasteiger partial charge in [0.15, 0.2) is 5.76 Å². The van der Waals surface area contributed by atoms with Crippen LogP contribution in [0, 0.1) is 6.92 Å². The predicted octanol–water partition coefficient (Wildman–Crippen LogP) is 4.51. The largest absolute Gasteiger partial charge is 0.454 e. The van der Waals surface area contributed by atoms with Crippen molar-refractivity contribution in [3.63, 3.8) is 0 Å². The number of amides is 1. The lowest BCUT2D eigenvalue weighted by Gasteiger charge is -2.05. The van der Waals surface area contributed by atoms with Crippen molar-refractivity contribution >= 4 is 17.5 Å². The summed E-state index contributed by atoms with van der Waals surface area (Å²) in [6.45, 7) is 4.30. The molecule has 0 bridgehead atoms. The number of alkyl halides is 4. The molecule has 3 aromatic rings. The summed E-state index contributed by atoms with van der Waals surface area (Å²) in [5.41, 5.74) is -0.149.